The predicted molar refractivity (Wildman–Crippen MR) is 67.0 cm³/mol. The lowest BCUT2D eigenvalue weighted by molar-refractivity contribution is -0.142. The lowest BCUT2D eigenvalue weighted by Gasteiger charge is -2.25. The largest absolute Gasteiger partial charge is 0.469 e. The van der Waals surface area contributed by atoms with Gasteiger partial charge in [0.05, 0.1) is 20.1 Å². The molecule has 1 rings (SSSR count). The Morgan fingerprint density at radius 2 is 1.83 bits per heavy atom. The summed E-state index contributed by atoms with van der Waals surface area (Å²) in [5, 5.41) is 0. The van der Waals surface area contributed by atoms with Gasteiger partial charge in [-0.05, 0) is 12.8 Å². The molecule has 0 aromatic heterocycles. The van der Waals surface area contributed by atoms with Crippen LogP contribution >= 0.6 is 0 Å². The zero-order valence-corrected chi connectivity index (χ0v) is 11.3. The van der Waals surface area contributed by atoms with Gasteiger partial charge in [0.2, 0.25) is 5.91 Å². The molecular weight excluding hydrogens is 234 g/mol. The van der Waals surface area contributed by atoms with Crippen LogP contribution in [-0.4, -0.2) is 50.7 Å². The Hall–Kier alpha value is -1.10. The van der Waals surface area contributed by atoms with Gasteiger partial charge < -0.3 is 14.4 Å². The van der Waals surface area contributed by atoms with Crippen LogP contribution in [0.3, 0.4) is 0 Å². The number of carbonyl (C=O) groups excluding carboxylic acids is 2. The van der Waals surface area contributed by atoms with Gasteiger partial charge in [0.25, 0.3) is 0 Å². The van der Waals surface area contributed by atoms with E-state index in [1.54, 1.807) is 12.0 Å². The molecular formula is C13H23NO4. The van der Waals surface area contributed by atoms with Crippen LogP contribution in [0.15, 0.2) is 0 Å². The molecule has 1 aliphatic carbocycles. The number of methoxy groups -OCH3 is 2. The molecule has 0 unspecified atom stereocenters. The second kappa shape index (κ2) is 8.08. The SMILES string of the molecule is COCCN(CCC(=O)OC)C(=O)C1CCCC1. The first-order chi connectivity index (χ1) is 8.69. The highest BCUT2D eigenvalue weighted by Crippen LogP contribution is 2.26. The van der Waals surface area contributed by atoms with Gasteiger partial charge in [-0.3, -0.25) is 9.59 Å². The third-order valence-corrected chi connectivity index (χ3v) is 3.39. The Morgan fingerprint density at radius 3 is 2.39 bits per heavy atom. The molecule has 0 spiro atoms. The quantitative estimate of drug-likeness (QED) is 0.643. The molecule has 0 bridgehead atoms. The van der Waals surface area contributed by atoms with Crippen LogP contribution in [0.1, 0.15) is 32.1 Å². The van der Waals surface area contributed by atoms with Gasteiger partial charge in [-0.15, -0.1) is 0 Å². The number of esters is 1. The molecule has 1 saturated carbocycles. The maximum atomic E-state index is 12.3. The maximum absolute atomic E-state index is 12.3. The molecule has 1 aliphatic rings. The summed E-state index contributed by atoms with van der Waals surface area (Å²) in [6, 6.07) is 0. The summed E-state index contributed by atoms with van der Waals surface area (Å²) in [4.78, 5) is 25.1. The first-order valence-electron chi connectivity index (χ1n) is 6.53. The fourth-order valence-electron chi connectivity index (χ4n) is 2.29. The smallest absolute Gasteiger partial charge is 0.307 e. The van der Waals surface area contributed by atoms with Crippen molar-refractivity contribution in [3.8, 4) is 0 Å². The lowest BCUT2D eigenvalue weighted by Crippen LogP contribution is -2.39. The number of ether oxygens (including phenoxy) is 2. The number of amides is 1. The average molecular weight is 257 g/mol. The van der Waals surface area contributed by atoms with Crippen LogP contribution in [-0.2, 0) is 19.1 Å². The van der Waals surface area contributed by atoms with E-state index in [0.717, 1.165) is 25.7 Å². The summed E-state index contributed by atoms with van der Waals surface area (Å²) in [7, 11) is 2.97. The van der Waals surface area contributed by atoms with Crippen molar-refractivity contribution in [2.45, 2.75) is 32.1 Å². The summed E-state index contributed by atoms with van der Waals surface area (Å²) >= 11 is 0. The first-order valence-corrected chi connectivity index (χ1v) is 6.53. The minimum absolute atomic E-state index is 0.138. The molecule has 0 aliphatic heterocycles. The van der Waals surface area contributed by atoms with E-state index in [2.05, 4.69) is 4.74 Å². The van der Waals surface area contributed by atoms with E-state index in [-0.39, 0.29) is 24.2 Å². The second-order valence-electron chi connectivity index (χ2n) is 4.63. The van der Waals surface area contributed by atoms with Crippen molar-refractivity contribution in [2.75, 3.05) is 33.9 Å². The molecule has 0 aromatic rings. The number of hydrogen-bond donors (Lipinski definition) is 0. The molecule has 0 N–H and O–H groups in total. The van der Waals surface area contributed by atoms with Gasteiger partial charge in [0, 0.05) is 26.1 Å². The maximum Gasteiger partial charge on any atom is 0.307 e. The third kappa shape index (κ3) is 4.64. The normalized spacial score (nSPS) is 15.7. The molecule has 5 heteroatoms. The van der Waals surface area contributed by atoms with Crippen LogP contribution < -0.4 is 0 Å². The van der Waals surface area contributed by atoms with E-state index in [9.17, 15) is 9.59 Å². The van der Waals surface area contributed by atoms with E-state index in [1.807, 2.05) is 0 Å². The summed E-state index contributed by atoms with van der Waals surface area (Å²) < 4.78 is 9.61. The Labute approximate surface area is 108 Å². The summed E-state index contributed by atoms with van der Waals surface area (Å²) in [5.41, 5.74) is 0. The van der Waals surface area contributed by atoms with Gasteiger partial charge in [-0.2, -0.15) is 0 Å². The molecule has 0 saturated heterocycles. The van der Waals surface area contributed by atoms with Crippen LogP contribution in [0.25, 0.3) is 0 Å². The summed E-state index contributed by atoms with van der Waals surface area (Å²) in [6.07, 6.45) is 4.46. The Balaban J connectivity index is 2.47. The fourth-order valence-corrected chi connectivity index (χ4v) is 2.29. The highest BCUT2D eigenvalue weighted by atomic mass is 16.5. The van der Waals surface area contributed by atoms with Crippen molar-refractivity contribution in [2.24, 2.45) is 5.92 Å². The summed E-state index contributed by atoms with van der Waals surface area (Å²) in [5.74, 6) is 0.0181. The van der Waals surface area contributed by atoms with Crippen molar-refractivity contribution in [3.05, 3.63) is 0 Å². The highest BCUT2D eigenvalue weighted by Gasteiger charge is 2.27. The molecule has 104 valence electrons. The van der Waals surface area contributed by atoms with Crippen LogP contribution in [0.4, 0.5) is 0 Å². The number of rotatable bonds is 7. The zero-order valence-electron chi connectivity index (χ0n) is 11.3. The monoisotopic (exact) mass is 257 g/mol. The van der Waals surface area contributed by atoms with Crippen molar-refractivity contribution >= 4 is 11.9 Å². The number of carbonyl (C=O) groups is 2. The van der Waals surface area contributed by atoms with E-state index < -0.39 is 0 Å². The Morgan fingerprint density at radius 1 is 1.17 bits per heavy atom. The highest BCUT2D eigenvalue weighted by molar-refractivity contribution is 5.79. The van der Waals surface area contributed by atoms with Gasteiger partial charge in [-0.1, -0.05) is 12.8 Å². The molecule has 1 fully saturated rings. The predicted octanol–water partition coefficient (Wildman–Crippen LogP) is 1.21. The van der Waals surface area contributed by atoms with Gasteiger partial charge >= 0.3 is 5.97 Å². The topological polar surface area (TPSA) is 55.8 Å². The lowest BCUT2D eigenvalue weighted by atomic mass is 10.1. The van der Waals surface area contributed by atoms with Gasteiger partial charge in [0.15, 0.2) is 0 Å². The van der Waals surface area contributed by atoms with Crippen LogP contribution in [0.2, 0.25) is 0 Å². The minimum Gasteiger partial charge on any atom is -0.469 e. The zero-order chi connectivity index (χ0) is 13.4. The molecule has 18 heavy (non-hydrogen) atoms. The van der Waals surface area contributed by atoms with Crippen LogP contribution in [0, 0.1) is 5.92 Å². The molecule has 0 heterocycles. The van der Waals surface area contributed by atoms with Crippen molar-refractivity contribution in [1.29, 1.82) is 0 Å². The van der Waals surface area contributed by atoms with Crippen molar-refractivity contribution < 1.29 is 19.1 Å². The van der Waals surface area contributed by atoms with E-state index in [1.165, 1.54) is 7.11 Å². The minimum atomic E-state index is -0.281. The Kier molecular flexibility index (Phi) is 6.72. The summed E-state index contributed by atoms with van der Waals surface area (Å²) in [6.45, 7) is 1.47. The molecule has 1 amide bonds. The van der Waals surface area contributed by atoms with Crippen molar-refractivity contribution in [3.63, 3.8) is 0 Å². The van der Waals surface area contributed by atoms with E-state index in [4.69, 9.17) is 4.74 Å². The van der Waals surface area contributed by atoms with Gasteiger partial charge in [0.1, 0.15) is 0 Å². The molecule has 0 aromatic carbocycles. The fraction of sp³-hybridized carbons (Fsp3) is 0.846. The van der Waals surface area contributed by atoms with Crippen molar-refractivity contribution in [1.82, 2.24) is 4.90 Å². The average Bonchev–Trinajstić information content (AvgIpc) is 2.91. The van der Waals surface area contributed by atoms with Gasteiger partial charge in [-0.25, -0.2) is 0 Å². The Bertz CT molecular complexity index is 274. The van der Waals surface area contributed by atoms with Crippen LogP contribution in [0.5, 0.6) is 0 Å². The third-order valence-electron chi connectivity index (χ3n) is 3.39. The van der Waals surface area contributed by atoms with E-state index in [0.29, 0.717) is 19.7 Å². The second-order valence-corrected chi connectivity index (χ2v) is 4.63. The first kappa shape index (κ1) is 15.0. The molecule has 5 nitrogen and oxygen atoms in total. The number of hydrogen-bond acceptors (Lipinski definition) is 4. The standard InChI is InChI=1S/C13H23NO4/c1-17-10-9-14(8-7-12(15)18-2)13(16)11-5-3-4-6-11/h11H,3-10H2,1-2H3. The molecule has 0 atom stereocenters. The molecule has 0 radical (unpaired) electrons. The van der Waals surface area contributed by atoms with E-state index >= 15 is 0 Å². The number of nitrogens with zero attached hydrogens (tertiary/aromatic N) is 1.